The minimum absolute atomic E-state index is 0.0934. The van der Waals surface area contributed by atoms with Crippen molar-refractivity contribution in [3.05, 3.63) is 30.1 Å². The van der Waals surface area contributed by atoms with Gasteiger partial charge in [-0.3, -0.25) is 14.0 Å². The van der Waals surface area contributed by atoms with E-state index in [4.69, 9.17) is 9.79 Å². The number of rotatable bonds is 5. The third-order valence-corrected chi connectivity index (χ3v) is 5.17. The monoisotopic (exact) mass is 366 g/mol. The lowest BCUT2D eigenvalue weighted by molar-refractivity contribution is 0.263. The molecular weight excluding hydrogens is 343 g/mol. The van der Waals surface area contributed by atoms with E-state index in [-0.39, 0.29) is 6.16 Å². The highest BCUT2D eigenvalue weighted by atomic mass is 31.2. The van der Waals surface area contributed by atoms with Crippen LogP contribution in [0.15, 0.2) is 18.6 Å². The summed E-state index contributed by atoms with van der Waals surface area (Å²) in [6, 6.07) is 1.95. The molecule has 1 aliphatic heterocycles. The maximum absolute atomic E-state index is 11.0. The zero-order chi connectivity index (χ0) is 18.0. The second-order valence-corrected chi connectivity index (χ2v) is 8.01. The average molecular weight is 366 g/mol. The Morgan fingerprint density at radius 1 is 1.08 bits per heavy atom. The Morgan fingerprint density at radius 3 is 2.36 bits per heavy atom. The fraction of sp³-hybridized carbons (Fsp3) is 0.533. The summed E-state index contributed by atoms with van der Waals surface area (Å²) in [5.74, 6) is 2.53. The van der Waals surface area contributed by atoms with Gasteiger partial charge in [0, 0.05) is 50.7 Å². The molecule has 1 fully saturated rings. The topological polar surface area (TPSA) is 108 Å². The molecule has 1 aliphatic rings. The van der Waals surface area contributed by atoms with E-state index in [1.165, 1.54) is 0 Å². The Bertz CT molecular complexity index is 762. The summed E-state index contributed by atoms with van der Waals surface area (Å²) in [6.07, 6.45) is 3.28. The van der Waals surface area contributed by atoms with Gasteiger partial charge in [-0.05, 0) is 13.8 Å². The molecular formula is C15H23N6O3P. The molecule has 0 bridgehead atoms. The maximum Gasteiger partial charge on any atom is 0.326 e. The van der Waals surface area contributed by atoms with Crippen LogP contribution in [-0.4, -0.2) is 73.1 Å². The van der Waals surface area contributed by atoms with Gasteiger partial charge in [-0.15, -0.1) is 0 Å². The molecule has 0 aromatic carbocycles. The van der Waals surface area contributed by atoms with Crippen LogP contribution in [0.1, 0.15) is 11.5 Å². The molecule has 0 saturated carbocycles. The standard InChI is InChI=1S/C15H23N6O3P/c1-12-10-16-13(2)21(12)15-9-14(17-11-18-15)20-5-3-19(4-6-20)7-8-25(22,23)24/h9-11H,3-8H2,1-2H3,(H2,22,23,24). The summed E-state index contributed by atoms with van der Waals surface area (Å²) in [7, 11) is -3.93. The third kappa shape index (κ3) is 4.43. The quantitative estimate of drug-likeness (QED) is 0.740. The number of piperazine rings is 1. The maximum atomic E-state index is 11.0. The van der Waals surface area contributed by atoms with Gasteiger partial charge in [0.15, 0.2) is 0 Å². The third-order valence-electron chi connectivity index (χ3n) is 4.39. The first-order valence-electron chi connectivity index (χ1n) is 8.19. The van der Waals surface area contributed by atoms with Crippen molar-refractivity contribution in [2.24, 2.45) is 0 Å². The smallest absolute Gasteiger partial charge is 0.326 e. The van der Waals surface area contributed by atoms with Gasteiger partial charge in [-0.2, -0.15) is 0 Å². The molecule has 0 unspecified atom stereocenters. The highest BCUT2D eigenvalue weighted by Crippen LogP contribution is 2.33. The van der Waals surface area contributed by atoms with Crippen LogP contribution in [0.5, 0.6) is 0 Å². The van der Waals surface area contributed by atoms with E-state index in [0.29, 0.717) is 6.54 Å². The van der Waals surface area contributed by atoms with Gasteiger partial charge < -0.3 is 14.7 Å². The van der Waals surface area contributed by atoms with Gasteiger partial charge in [0.1, 0.15) is 23.8 Å². The van der Waals surface area contributed by atoms with E-state index in [0.717, 1.165) is 49.3 Å². The van der Waals surface area contributed by atoms with E-state index >= 15 is 0 Å². The van der Waals surface area contributed by atoms with Gasteiger partial charge in [0.05, 0.1) is 6.16 Å². The zero-order valence-electron chi connectivity index (χ0n) is 14.4. The van der Waals surface area contributed by atoms with Crippen molar-refractivity contribution in [3.8, 4) is 5.82 Å². The van der Waals surface area contributed by atoms with Crippen LogP contribution in [0, 0.1) is 13.8 Å². The number of anilines is 1. The van der Waals surface area contributed by atoms with Crippen molar-refractivity contribution in [2.45, 2.75) is 13.8 Å². The van der Waals surface area contributed by atoms with Crippen LogP contribution < -0.4 is 4.90 Å². The molecule has 136 valence electrons. The molecule has 2 aromatic rings. The first-order chi connectivity index (χ1) is 11.8. The molecule has 10 heteroatoms. The van der Waals surface area contributed by atoms with Crippen LogP contribution in [0.3, 0.4) is 0 Å². The largest absolute Gasteiger partial charge is 0.354 e. The first kappa shape index (κ1) is 18.0. The molecule has 0 amide bonds. The van der Waals surface area contributed by atoms with E-state index in [9.17, 15) is 4.57 Å². The summed E-state index contributed by atoms with van der Waals surface area (Å²) < 4.78 is 13.0. The van der Waals surface area contributed by atoms with Crippen LogP contribution in [0.4, 0.5) is 5.82 Å². The van der Waals surface area contributed by atoms with Gasteiger partial charge in [0.2, 0.25) is 0 Å². The van der Waals surface area contributed by atoms with Crippen molar-refractivity contribution in [3.63, 3.8) is 0 Å². The number of hydrogen-bond donors (Lipinski definition) is 2. The van der Waals surface area contributed by atoms with Crippen molar-refractivity contribution in [2.75, 3.05) is 43.8 Å². The Hall–Kier alpha value is -1.80. The predicted octanol–water partition coefficient (Wildman–Crippen LogP) is 0.579. The molecule has 1 saturated heterocycles. The normalized spacial score (nSPS) is 16.4. The average Bonchev–Trinajstić information content (AvgIpc) is 2.92. The van der Waals surface area contributed by atoms with Crippen LogP contribution in [0.25, 0.3) is 5.82 Å². The van der Waals surface area contributed by atoms with E-state index in [1.54, 1.807) is 6.33 Å². The molecule has 3 rings (SSSR count). The van der Waals surface area contributed by atoms with Gasteiger partial charge in [-0.25, -0.2) is 15.0 Å². The number of aryl methyl sites for hydroxylation is 2. The van der Waals surface area contributed by atoms with E-state index in [1.807, 2.05) is 30.7 Å². The molecule has 0 aliphatic carbocycles. The molecule has 3 heterocycles. The molecule has 0 radical (unpaired) electrons. The van der Waals surface area contributed by atoms with Crippen molar-refractivity contribution < 1.29 is 14.4 Å². The number of aromatic nitrogens is 4. The molecule has 0 spiro atoms. The highest BCUT2D eigenvalue weighted by Gasteiger charge is 2.21. The van der Waals surface area contributed by atoms with Gasteiger partial charge in [0.25, 0.3) is 0 Å². The lowest BCUT2D eigenvalue weighted by Crippen LogP contribution is -2.47. The lowest BCUT2D eigenvalue weighted by atomic mass is 10.3. The summed E-state index contributed by atoms with van der Waals surface area (Å²) in [5.41, 5.74) is 1.02. The summed E-state index contributed by atoms with van der Waals surface area (Å²) in [6.45, 7) is 7.38. The van der Waals surface area contributed by atoms with Crippen LogP contribution in [-0.2, 0) is 4.57 Å². The lowest BCUT2D eigenvalue weighted by Gasteiger charge is -2.35. The summed E-state index contributed by atoms with van der Waals surface area (Å²) in [4.78, 5) is 35.3. The van der Waals surface area contributed by atoms with Crippen molar-refractivity contribution in [1.82, 2.24) is 24.4 Å². The molecule has 2 aromatic heterocycles. The predicted molar refractivity (Wildman–Crippen MR) is 94.2 cm³/mol. The van der Waals surface area contributed by atoms with Crippen LogP contribution in [0.2, 0.25) is 0 Å². The molecule has 0 atom stereocenters. The molecule has 25 heavy (non-hydrogen) atoms. The van der Waals surface area contributed by atoms with Gasteiger partial charge >= 0.3 is 7.60 Å². The van der Waals surface area contributed by atoms with E-state index in [2.05, 4.69) is 24.8 Å². The zero-order valence-corrected chi connectivity index (χ0v) is 15.3. The number of imidazole rings is 1. The summed E-state index contributed by atoms with van der Waals surface area (Å²) >= 11 is 0. The second kappa shape index (κ2) is 7.21. The van der Waals surface area contributed by atoms with Crippen LogP contribution >= 0.6 is 7.60 Å². The fourth-order valence-corrected chi connectivity index (χ4v) is 3.55. The highest BCUT2D eigenvalue weighted by molar-refractivity contribution is 7.51. The Labute approximate surface area is 146 Å². The Balaban J connectivity index is 1.66. The first-order valence-corrected chi connectivity index (χ1v) is 9.98. The Kier molecular flexibility index (Phi) is 5.19. The Morgan fingerprint density at radius 2 is 1.76 bits per heavy atom. The van der Waals surface area contributed by atoms with Crippen molar-refractivity contribution in [1.29, 1.82) is 0 Å². The number of hydrogen-bond acceptors (Lipinski definition) is 6. The summed E-state index contributed by atoms with van der Waals surface area (Å²) in [5, 5.41) is 0. The van der Waals surface area contributed by atoms with E-state index < -0.39 is 7.60 Å². The SMILES string of the molecule is Cc1cnc(C)n1-c1cc(N2CCN(CCP(=O)(O)O)CC2)ncn1. The van der Waals surface area contributed by atoms with Gasteiger partial charge in [-0.1, -0.05) is 0 Å². The second-order valence-electron chi connectivity index (χ2n) is 6.23. The fourth-order valence-electron chi connectivity index (χ4n) is 3.01. The number of nitrogens with zero attached hydrogens (tertiary/aromatic N) is 6. The molecule has 2 N–H and O–H groups in total. The van der Waals surface area contributed by atoms with Crippen molar-refractivity contribution >= 4 is 13.4 Å². The minimum atomic E-state index is -3.93. The minimum Gasteiger partial charge on any atom is -0.354 e. The molecule has 9 nitrogen and oxygen atoms in total.